The van der Waals surface area contributed by atoms with Gasteiger partial charge in [-0.05, 0) is 130 Å². The van der Waals surface area contributed by atoms with E-state index in [2.05, 4.69) is 83.1 Å². The average molecular weight is 377 g/mol. The van der Waals surface area contributed by atoms with Crippen LogP contribution in [0, 0.1) is 23.7 Å². The van der Waals surface area contributed by atoms with E-state index < -0.39 is 0 Å². The Balaban J connectivity index is 2.29. The topological polar surface area (TPSA) is 0 Å². The van der Waals surface area contributed by atoms with Crippen LogP contribution in [0.25, 0.3) is 0 Å². The van der Waals surface area contributed by atoms with Crippen LogP contribution in [0.15, 0.2) is 66.9 Å². The molecule has 0 aromatic carbocycles. The second-order valence-corrected chi connectivity index (χ2v) is 9.76. The first-order valence-electron chi connectivity index (χ1n) is 11.1. The summed E-state index contributed by atoms with van der Waals surface area (Å²) in [7, 11) is 0. The highest BCUT2D eigenvalue weighted by atomic mass is 14.5. The van der Waals surface area contributed by atoms with Gasteiger partial charge in [-0.3, -0.25) is 0 Å². The van der Waals surface area contributed by atoms with E-state index in [4.69, 9.17) is 0 Å². The minimum atomic E-state index is 0.437. The molecule has 152 valence electrons. The molecule has 3 aliphatic carbocycles. The SMILES string of the molecule is CC1=C(C)[C@@H](C)C(C(C2=C(C)C(C)=C(C)[C@H]2C)C2=C(C)C(C)=C(C)[C@H]2C)=C1C. The predicted molar refractivity (Wildman–Crippen MR) is 124 cm³/mol. The molecule has 0 bridgehead atoms. The maximum Gasteiger partial charge on any atom is 0.0251 e. The zero-order chi connectivity index (χ0) is 21.2. The monoisotopic (exact) mass is 376 g/mol. The maximum atomic E-state index is 2.43. The van der Waals surface area contributed by atoms with Crippen LogP contribution in [-0.4, -0.2) is 0 Å². The second-order valence-electron chi connectivity index (χ2n) is 9.76. The number of allylic oxidation sites excluding steroid dienone is 12. The van der Waals surface area contributed by atoms with Crippen molar-refractivity contribution >= 4 is 0 Å². The molecule has 0 aromatic heterocycles. The third-order valence-corrected chi connectivity index (χ3v) is 9.04. The molecule has 3 atom stereocenters. The van der Waals surface area contributed by atoms with Crippen LogP contribution < -0.4 is 0 Å². The fourth-order valence-electron chi connectivity index (χ4n) is 6.09. The molecule has 0 N–H and O–H groups in total. The summed E-state index contributed by atoms with van der Waals surface area (Å²) < 4.78 is 0. The first kappa shape index (κ1) is 21.2. The molecular formula is C28H40. The molecule has 0 saturated carbocycles. The van der Waals surface area contributed by atoms with Gasteiger partial charge in [-0.15, -0.1) is 0 Å². The molecule has 0 heteroatoms. The molecule has 0 fully saturated rings. The first-order valence-corrected chi connectivity index (χ1v) is 11.1. The fourth-order valence-corrected chi connectivity index (χ4v) is 6.09. The first-order chi connectivity index (χ1) is 12.9. The molecule has 0 heterocycles. The van der Waals surface area contributed by atoms with Gasteiger partial charge in [0, 0.05) is 5.92 Å². The van der Waals surface area contributed by atoms with Gasteiger partial charge in [0.2, 0.25) is 0 Å². The minimum Gasteiger partial charge on any atom is -0.0632 e. The van der Waals surface area contributed by atoms with Crippen LogP contribution in [0.3, 0.4) is 0 Å². The molecule has 28 heavy (non-hydrogen) atoms. The smallest absolute Gasteiger partial charge is 0.0251 e. The van der Waals surface area contributed by atoms with E-state index in [9.17, 15) is 0 Å². The maximum absolute atomic E-state index is 2.43. The van der Waals surface area contributed by atoms with Gasteiger partial charge in [-0.2, -0.15) is 0 Å². The lowest BCUT2D eigenvalue weighted by Crippen LogP contribution is -2.22. The van der Waals surface area contributed by atoms with Crippen molar-refractivity contribution in [1.29, 1.82) is 0 Å². The summed E-state index contributed by atoms with van der Waals surface area (Å²) in [6, 6.07) is 0. The van der Waals surface area contributed by atoms with E-state index >= 15 is 0 Å². The van der Waals surface area contributed by atoms with E-state index in [1.165, 1.54) is 16.7 Å². The van der Waals surface area contributed by atoms with Crippen LogP contribution >= 0.6 is 0 Å². The molecule has 3 aliphatic rings. The van der Waals surface area contributed by atoms with E-state index in [-0.39, 0.29) is 0 Å². The summed E-state index contributed by atoms with van der Waals surface area (Å²) in [4.78, 5) is 0. The lowest BCUT2D eigenvalue weighted by molar-refractivity contribution is 0.586. The van der Waals surface area contributed by atoms with Gasteiger partial charge < -0.3 is 0 Å². The van der Waals surface area contributed by atoms with Crippen molar-refractivity contribution in [3.8, 4) is 0 Å². The van der Waals surface area contributed by atoms with Gasteiger partial charge >= 0.3 is 0 Å². The molecular weight excluding hydrogens is 336 g/mol. The van der Waals surface area contributed by atoms with Crippen molar-refractivity contribution in [2.24, 2.45) is 23.7 Å². The minimum absolute atomic E-state index is 0.437. The number of hydrogen-bond acceptors (Lipinski definition) is 0. The quantitative estimate of drug-likeness (QED) is 0.463. The van der Waals surface area contributed by atoms with Crippen molar-refractivity contribution in [1.82, 2.24) is 0 Å². The van der Waals surface area contributed by atoms with Gasteiger partial charge in [0.1, 0.15) is 0 Å². The van der Waals surface area contributed by atoms with Crippen molar-refractivity contribution in [3.63, 3.8) is 0 Å². The van der Waals surface area contributed by atoms with Gasteiger partial charge in [0.15, 0.2) is 0 Å². The zero-order valence-electron chi connectivity index (χ0n) is 20.3. The highest BCUT2D eigenvalue weighted by molar-refractivity contribution is 5.61. The molecule has 0 saturated heterocycles. The van der Waals surface area contributed by atoms with Gasteiger partial charge in [0.05, 0.1) is 0 Å². The number of rotatable bonds is 3. The third-order valence-electron chi connectivity index (χ3n) is 9.04. The van der Waals surface area contributed by atoms with Gasteiger partial charge in [0.25, 0.3) is 0 Å². The average Bonchev–Trinajstić information content (AvgIpc) is 3.06. The molecule has 0 radical (unpaired) electrons. The van der Waals surface area contributed by atoms with Gasteiger partial charge in [-0.1, -0.05) is 37.5 Å². The lowest BCUT2D eigenvalue weighted by Gasteiger charge is -2.34. The Morgan fingerprint density at radius 1 is 0.393 bits per heavy atom. The van der Waals surface area contributed by atoms with Crippen molar-refractivity contribution in [2.75, 3.05) is 0 Å². The standard InChI is InChI=1S/C28H40/c1-13-14(2)20(8)25(19(13)7)28(26-21(9)15(3)16(4)22(26)10)27-23(11)17(5)18(6)24(27)12/h19,21,23,28H,1-12H3/t19-,21-,23-/m1/s1. The Labute approximate surface area is 173 Å². The molecule has 0 amide bonds. The van der Waals surface area contributed by atoms with Crippen molar-refractivity contribution in [3.05, 3.63) is 66.9 Å². The largest absolute Gasteiger partial charge is 0.0632 e. The number of hydrogen-bond donors (Lipinski definition) is 0. The Morgan fingerprint density at radius 2 is 0.607 bits per heavy atom. The Bertz CT molecular complexity index is 809. The third kappa shape index (κ3) is 2.71. The summed E-state index contributed by atoms with van der Waals surface area (Å²) >= 11 is 0. The molecule has 0 aliphatic heterocycles. The summed E-state index contributed by atoms with van der Waals surface area (Å²) in [6.45, 7) is 28.4. The normalized spacial score (nSPS) is 29.2. The van der Waals surface area contributed by atoms with E-state index in [1.807, 2.05) is 0 Å². The van der Waals surface area contributed by atoms with Crippen LogP contribution in [0.1, 0.15) is 83.1 Å². The van der Waals surface area contributed by atoms with Gasteiger partial charge in [-0.25, -0.2) is 0 Å². The lowest BCUT2D eigenvalue weighted by atomic mass is 9.70. The second kappa shape index (κ2) is 7.05. The van der Waals surface area contributed by atoms with Crippen molar-refractivity contribution in [2.45, 2.75) is 83.1 Å². The zero-order valence-corrected chi connectivity index (χ0v) is 20.3. The van der Waals surface area contributed by atoms with E-state index in [1.54, 1.807) is 50.2 Å². The highest BCUT2D eigenvalue weighted by Gasteiger charge is 2.42. The van der Waals surface area contributed by atoms with E-state index in [0.717, 1.165) is 0 Å². The van der Waals surface area contributed by atoms with Crippen LogP contribution in [0.5, 0.6) is 0 Å². The van der Waals surface area contributed by atoms with Crippen LogP contribution in [-0.2, 0) is 0 Å². The summed E-state index contributed by atoms with van der Waals surface area (Å²) in [5.74, 6) is 2.04. The summed E-state index contributed by atoms with van der Waals surface area (Å²) in [6.07, 6.45) is 0. The fraction of sp³-hybridized carbons (Fsp3) is 0.571. The molecule has 0 nitrogen and oxygen atoms in total. The molecule has 0 unspecified atom stereocenters. The molecule has 3 rings (SSSR count). The van der Waals surface area contributed by atoms with Crippen molar-refractivity contribution < 1.29 is 0 Å². The Hall–Kier alpha value is -1.56. The van der Waals surface area contributed by atoms with E-state index in [0.29, 0.717) is 23.7 Å². The molecule has 0 aromatic rings. The summed E-state index contributed by atoms with van der Waals surface area (Å²) in [5.41, 5.74) is 18.9. The highest BCUT2D eigenvalue weighted by Crippen LogP contribution is 2.55. The van der Waals surface area contributed by atoms with Crippen LogP contribution in [0.2, 0.25) is 0 Å². The Kier molecular flexibility index (Phi) is 5.32. The molecule has 0 spiro atoms. The predicted octanol–water partition coefficient (Wildman–Crippen LogP) is 8.51. The summed E-state index contributed by atoms with van der Waals surface area (Å²) in [5, 5.41) is 0. The van der Waals surface area contributed by atoms with Crippen LogP contribution in [0.4, 0.5) is 0 Å². The Morgan fingerprint density at radius 3 is 0.750 bits per heavy atom.